The molecular weight excluding hydrogens is 246 g/mol. The van der Waals surface area contributed by atoms with Gasteiger partial charge in [0.05, 0.1) is 13.2 Å². The third-order valence-electron chi connectivity index (χ3n) is 1.84. The number of nitrogens with zero attached hydrogens (tertiary/aromatic N) is 2. The molecule has 0 bridgehead atoms. The van der Waals surface area contributed by atoms with Crippen LogP contribution in [0.2, 0.25) is 0 Å². The molecule has 0 aromatic carbocycles. The van der Waals surface area contributed by atoms with Crippen LogP contribution in [-0.2, 0) is 10.2 Å². The summed E-state index contributed by atoms with van der Waals surface area (Å²) >= 11 is 6.87. The zero-order valence-electron chi connectivity index (χ0n) is 9.92. The molecule has 1 rings (SSSR count). The number of aromatic nitrogens is 2. The van der Waals surface area contributed by atoms with Gasteiger partial charge in [0, 0.05) is 29.4 Å². The van der Waals surface area contributed by atoms with Crippen molar-refractivity contribution in [2.24, 2.45) is 0 Å². The van der Waals surface area contributed by atoms with Crippen LogP contribution >= 0.6 is 23.1 Å². The lowest BCUT2D eigenvalue weighted by molar-refractivity contribution is 0.160. The standard InChI is InChI=1S/C10H18ClN3OS/c1-10(2,3)8-13-9(16-14-8)12-5-7-15-6-4-11/h4-7H2,1-3H3,(H,12,13,14). The van der Waals surface area contributed by atoms with Crippen molar-refractivity contribution in [3.63, 3.8) is 0 Å². The smallest absolute Gasteiger partial charge is 0.202 e. The van der Waals surface area contributed by atoms with Crippen LogP contribution in [0.5, 0.6) is 0 Å². The van der Waals surface area contributed by atoms with Crippen LogP contribution in [0.4, 0.5) is 5.13 Å². The van der Waals surface area contributed by atoms with E-state index in [4.69, 9.17) is 16.3 Å². The maximum absolute atomic E-state index is 5.49. The zero-order valence-corrected chi connectivity index (χ0v) is 11.5. The van der Waals surface area contributed by atoms with E-state index in [1.165, 1.54) is 11.5 Å². The molecule has 0 unspecified atom stereocenters. The van der Waals surface area contributed by atoms with Gasteiger partial charge in [0.2, 0.25) is 5.13 Å². The maximum Gasteiger partial charge on any atom is 0.202 e. The molecule has 0 atom stereocenters. The minimum absolute atomic E-state index is 0.00551. The van der Waals surface area contributed by atoms with E-state index in [-0.39, 0.29) is 5.41 Å². The van der Waals surface area contributed by atoms with Crippen molar-refractivity contribution < 1.29 is 4.74 Å². The Bertz CT molecular complexity index is 311. The van der Waals surface area contributed by atoms with Crippen molar-refractivity contribution in [3.05, 3.63) is 5.82 Å². The van der Waals surface area contributed by atoms with Crippen molar-refractivity contribution in [1.82, 2.24) is 9.36 Å². The number of hydrogen-bond acceptors (Lipinski definition) is 5. The molecule has 0 fully saturated rings. The number of hydrogen-bond donors (Lipinski definition) is 1. The molecule has 0 spiro atoms. The summed E-state index contributed by atoms with van der Waals surface area (Å²) in [6, 6.07) is 0. The molecule has 1 N–H and O–H groups in total. The lowest BCUT2D eigenvalue weighted by Gasteiger charge is -2.12. The number of nitrogens with one attached hydrogen (secondary N) is 1. The average Bonchev–Trinajstić information content (AvgIpc) is 2.65. The van der Waals surface area contributed by atoms with Crippen LogP contribution in [0.3, 0.4) is 0 Å². The minimum atomic E-state index is 0.00551. The predicted molar refractivity (Wildman–Crippen MR) is 68.6 cm³/mol. The topological polar surface area (TPSA) is 47.0 Å². The Kier molecular flexibility index (Phi) is 5.44. The molecule has 1 heterocycles. The highest BCUT2D eigenvalue weighted by Gasteiger charge is 2.19. The second-order valence-corrected chi connectivity index (χ2v) is 5.53. The molecule has 4 nitrogen and oxygen atoms in total. The minimum Gasteiger partial charge on any atom is -0.378 e. The normalized spacial score (nSPS) is 11.8. The maximum atomic E-state index is 5.49. The summed E-state index contributed by atoms with van der Waals surface area (Å²) < 4.78 is 9.55. The Hall–Kier alpha value is -0.390. The Morgan fingerprint density at radius 1 is 1.38 bits per heavy atom. The van der Waals surface area contributed by atoms with Crippen molar-refractivity contribution in [2.75, 3.05) is 31.0 Å². The fourth-order valence-corrected chi connectivity index (χ4v) is 1.88. The summed E-state index contributed by atoms with van der Waals surface area (Å²) in [5, 5.41) is 4.02. The Morgan fingerprint density at radius 2 is 2.12 bits per heavy atom. The van der Waals surface area contributed by atoms with Crippen LogP contribution in [0.1, 0.15) is 26.6 Å². The van der Waals surface area contributed by atoms with E-state index >= 15 is 0 Å². The highest BCUT2D eigenvalue weighted by molar-refractivity contribution is 7.09. The average molecular weight is 264 g/mol. The lowest BCUT2D eigenvalue weighted by Crippen LogP contribution is -2.14. The fourth-order valence-electron chi connectivity index (χ4n) is 0.987. The second kappa shape index (κ2) is 6.37. The van der Waals surface area contributed by atoms with Gasteiger partial charge < -0.3 is 10.1 Å². The van der Waals surface area contributed by atoms with Crippen LogP contribution in [0.15, 0.2) is 0 Å². The first-order chi connectivity index (χ1) is 7.54. The first-order valence-corrected chi connectivity index (χ1v) is 6.56. The molecule has 0 saturated carbocycles. The van der Waals surface area contributed by atoms with Gasteiger partial charge in [-0.2, -0.15) is 4.37 Å². The largest absolute Gasteiger partial charge is 0.378 e. The summed E-state index contributed by atoms with van der Waals surface area (Å²) in [7, 11) is 0. The first kappa shape index (κ1) is 13.7. The number of rotatable bonds is 6. The van der Waals surface area contributed by atoms with E-state index in [1.807, 2.05) is 0 Å². The van der Waals surface area contributed by atoms with E-state index in [9.17, 15) is 0 Å². The Morgan fingerprint density at radius 3 is 2.69 bits per heavy atom. The summed E-state index contributed by atoms with van der Waals surface area (Å²) in [5.74, 6) is 1.41. The Labute approximate surface area is 106 Å². The molecule has 0 radical (unpaired) electrons. The molecule has 6 heteroatoms. The zero-order chi connectivity index (χ0) is 12.0. The molecule has 0 aliphatic heterocycles. The SMILES string of the molecule is CC(C)(C)c1nsc(NCCOCCCl)n1. The molecule has 1 aromatic rings. The summed E-state index contributed by atoms with van der Waals surface area (Å²) in [5.41, 5.74) is 0.00551. The summed E-state index contributed by atoms with van der Waals surface area (Å²) in [6.07, 6.45) is 0. The van der Waals surface area contributed by atoms with Crippen molar-refractivity contribution >= 4 is 28.3 Å². The highest BCUT2D eigenvalue weighted by atomic mass is 35.5. The van der Waals surface area contributed by atoms with Crippen molar-refractivity contribution in [2.45, 2.75) is 26.2 Å². The van der Waals surface area contributed by atoms with Crippen molar-refractivity contribution in [3.8, 4) is 0 Å². The number of halogens is 1. The van der Waals surface area contributed by atoms with Gasteiger partial charge in [-0.25, -0.2) is 4.98 Å². The van der Waals surface area contributed by atoms with E-state index in [0.29, 0.717) is 19.1 Å². The van der Waals surface area contributed by atoms with Gasteiger partial charge in [-0.3, -0.25) is 0 Å². The molecule has 1 aromatic heterocycles. The van der Waals surface area contributed by atoms with Gasteiger partial charge in [0.25, 0.3) is 0 Å². The van der Waals surface area contributed by atoms with Gasteiger partial charge in [-0.1, -0.05) is 20.8 Å². The van der Waals surface area contributed by atoms with Crippen molar-refractivity contribution in [1.29, 1.82) is 0 Å². The first-order valence-electron chi connectivity index (χ1n) is 5.26. The van der Waals surface area contributed by atoms with Gasteiger partial charge >= 0.3 is 0 Å². The van der Waals surface area contributed by atoms with Crippen LogP contribution in [-0.4, -0.2) is 35.0 Å². The number of anilines is 1. The third kappa shape index (κ3) is 4.63. The molecular formula is C10H18ClN3OS. The third-order valence-corrected chi connectivity index (χ3v) is 2.67. The van der Waals surface area contributed by atoms with E-state index in [1.54, 1.807) is 0 Å². The summed E-state index contributed by atoms with van der Waals surface area (Å²) in [6.45, 7) is 8.26. The van der Waals surface area contributed by atoms with Gasteiger partial charge in [0.1, 0.15) is 5.82 Å². The second-order valence-electron chi connectivity index (χ2n) is 4.40. The van der Waals surface area contributed by atoms with Gasteiger partial charge in [-0.15, -0.1) is 11.6 Å². The van der Waals surface area contributed by atoms with Gasteiger partial charge in [-0.05, 0) is 0 Å². The molecule has 0 aliphatic carbocycles. The van der Waals surface area contributed by atoms with Crippen LogP contribution in [0.25, 0.3) is 0 Å². The van der Waals surface area contributed by atoms with Gasteiger partial charge in [0.15, 0.2) is 0 Å². The quantitative estimate of drug-likeness (QED) is 0.633. The van der Waals surface area contributed by atoms with Crippen LogP contribution in [0, 0.1) is 0 Å². The molecule has 16 heavy (non-hydrogen) atoms. The Balaban J connectivity index is 2.30. The highest BCUT2D eigenvalue weighted by Crippen LogP contribution is 2.22. The molecule has 0 amide bonds. The number of ether oxygens (including phenoxy) is 1. The molecule has 0 saturated heterocycles. The van der Waals surface area contributed by atoms with Crippen LogP contribution < -0.4 is 5.32 Å². The van der Waals surface area contributed by atoms with E-state index in [0.717, 1.165) is 17.5 Å². The van der Waals surface area contributed by atoms with E-state index in [2.05, 4.69) is 35.4 Å². The lowest BCUT2D eigenvalue weighted by atomic mass is 9.96. The summed E-state index contributed by atoms with van der Waals surface area (Å²) in [4.78, 5) is 4.41. The fraction of sp³-hybridized carbons (Fsp3) is 0.800. The van der Waals surface area contributed by atoms with E-state index < -0.39 is 0 Å². The predicted octanol–water partition coefficient (Wildman–Crippen LogP) is 2.50. The number of alkyl halides is 1. The molecule has 0 aliphatic rings. The monoisotopic (exact) mass is 263 g/mol. The molecule has 92 valence electrons.